The summed E-state index contributed by atoms with van der Waals surface area (Å²) in [5, 5.41) is 4.64. The van der Waals surface area contributed by atoms with E-state index in [-0.39, 0.29) is 12.4 Å². The van der Waals surface area contributed by atoms with Crippen LogP contribution in [0.1, 0.15) is 25.5 Å². The second-order valence-corrected chi connectivity index (χ2v) is 5.15. The Balaban J connectivity index is 2.49. The number of rotatable bonds is 6. The maximum Gasteiger partial charge on any atom is 0.319 e. The number of carbonyl (C=O) groups excluding carboxylic acids is 2. The summed E-state index contributed by atoms with van der Waals surface area (Å²) < 4.78 is 6.52. The third-order valence-electron chi connectivity index (χ3n) is 3.23. The molecule has 6 nitrogen and oxygen atoms in total. The molecule has 0 amide bonds. The Hall–Kier alpha value is -2.21. The first kappa shape index (κ1) is 16.2. The predicted octanol–water partition coefficient (Wildman–Crippen LogP) is 2.29. The smallest absolute Gasteiger partial charge is 0.319 e. The average molecular weight is 322 g/mol. The van der Waals surface area contributed by atoms with Crippen molar-refractivity contribution in [3.05, 3.63) is 47.5 Å². The molecule has 0 radical (unpaired) electrons. The Labute approximate surface area is 133 Å². The average Bonchev–Trinajstić information content (AvgIpc) is 2.99. The first-order chi connectivity index (χ1) is 10.5. The third-order valence-corrected chi connectivity index (χ3v) is 3.48. The van der Waals surface area contributed by atoms with Crippen molar-refractivity contribution in [2.75, 3.05) is 6.61 Å². The molecule has 0 N–H and O–H groups in total. The largest absolute Gasteiger partial charge is 0.465 e. The summed E-state index contributed by atoms with van der Waals surface area (Å²) in [7, 11) is 0. The fourth-order valence-corrected chi connectivity index (χ4v) is 2.39. The highest BCUT2D eigenvalue weighted by Crippen LogP contribution is 2.29. The number of halogens is 1. The number of benzene rings is 1. The summed E-state index contributed by atoms with van der Waals surface area (Å²) in [4.78, 5) is 28.2. The second kappa shape index (κ2) is 7.17. The lowest BCUT2D eigenvalue weighted by Gasteiger charge is -2.24. The fourth-order valence-electron chi connectivity index (χ4n) is 2.27. The van der Waals surface area contributed by atoms with Gasteiger partial charge in [-0.1, -0.05) is 23.7 Å². The Kier molecular flexibility index (Phi) is 5.27. The van der Waals surface area contributed by atoms with Gasteiger partial charge in [-0.2, -0.15) is 5.10 Å². The van der Waals surface area contributed by atoms with E-state index in [1.165, 1.54) is 24.3 Å². The molecule has 7 heteroatoms. The Morgan fingerprint density at radius 3 is 2.50 bits per heavy atom. The molecule has 1 aromatic heterocycles. The minimum absolute atomic E-state index is 0.202. The molecule has 2 rings (SSSR count). The second-order valence-electron chi connectivity index (χ2n) is 4.71. The molecular weight excluding hydrogens is 306 g/mol. The summed E-state index contributed by atoms with van der Waals surface area (Å²) in [5.74, 6) is -1.87. The molecule has 2 unspecified atom stereocenters. The van der Waals surface area contributed by atoms with Gasteiger partial charge in [0.15, 0.2) is 0 Å². The molecule has 0 aliphatic carbocycles. The van der Waals surface area contributed by atoms with Gasteiger partial charge in [-0.3, -0.25) is 9.59 Å². The minimum Gasteiger partial charge on any atom is -0.465 e. The number of esters is 1. The zero-order chi connectivity index (χ0) is 16.1. The number of aromatic nitrogens is 3. The van der Waals surface area contributed by atoms with Crippen LogP contribution in [-0.4, -0.2) is 33.1 Å². The van der Waals surface area contributed by atoms with Crippen LogP contribution in [0.2, 0.25) is 5.02 Å². The number of ether oxygens (including phenoxy) is 1. The number of nitrogens with zero attached hydrogens (tertiary/aromatic N) is 3. The van der Waals surface area contributed by atoms with Crippen molar-refractivity contribution in [3.63, 3.8) is 0 Å². The summed E-state index contributed by atoms with van der Waals surface area (Å²) in [6.07, 6.45) is 2.82. The van der Waals surface area contributed by atoms with Gasteiger partial charge in [0.1, 0.15) is 24.4 Å². The highest BCUT2D eigenvalue weighted by atomic mass is 35.5. The molecule has 0 bridgehead atoms. The maximum absolute atomic E-state index is 12.2. The molecule has 0 aliphatic rings. The number of carbonyl (C=O) groups is 2. The molecule has 22 heavy (non-hydrogen) atoms. The van der Waals surface area contributed by atoms with Crippen LogP contribution in [0.4, 0.5) is 0 Å². The zero-order valence-corrected chi connectivity index (χ0v) is 13.0. The lowest BCUT2D eigenvalue weighted by atomic mass is 9.90. The monoisotopic (exact) mass is 321 g/mol. The Morgan fingerprint density at radius 2 is 2.00 bits per heavy atom. The fraction of sp³-hybridized carbons (Fsp3) is 0.333. The lowest BCUT2D eigenvalue weighted by Crippen LogP contribution is -2.34. The predicted molar refractivity (Wildman–Crippen MR) is 80.4 cm³/mol. The molecule has 0 spiro atoms. The lowest BCUT2D eigenvalue weighted by molar-refractivity contribution is -0.152. The van der Waals surface area contributed by atoms with Crippen molar-refractivity contribution in [3.8, 4) is 0 Å². The van der Waals surface area contributed by atoms with E-state index in [9.17, 15) is 9.59 Å². The van der Waals surface area contributed by atoms with Gasteiger partial charge in [-0.25, -0.2) is 9.67 Å². The van der Waals surface area contributed by atoms with Gasteiger partial charge in [-0.05, 0) is 31.5 Å². The molecule has 116 valence electrons. The molecule has 1 heterocycles. The van der Waals surface area contributed by atoms with Gasteiger partial charge in [0.05, 0.1) is 12.6 Å². The van der Waals surface area contributed by atoms with Gasteiger partial charge in [0.25, 0.3) is 0 Å². The van der Waals surface area contributed by atoms with Gasteiger partial charge in [0, 0.05) is 5.02 Å². The first-order valence-corrected chi connectivity index (χ1v) is 7.19. The van der Waals surface area contributed by atoms with E-state index in [0.717, 1.165) is 5.56 Å². The van der Waals surface area contributed by atoms with E-state index in [4.69, 9.17) is 16.3 Å². The molecular formula is C15H16ClN3O3. The van der Waals surface area contributed by atoms with Crippen LogP contribution < -0.4 is 0 Å². The number of Topliss-reactive ketones (excluding diaryl/α,β-unsaturated/α-hetero) is 1. The van der Waals surface area contributed by atoms with Crippen molar-refractivity contribution in [2.24, 2.45) is 5.92 Å². The van der Waals surface area contributed by atoms with E-state index < -0.39 is 17.9 Å². The van der Waals surface area contributed by atoms with E-state index in [2.05, 4.69) is 10.1 Å². The van der Waals surface area contributed by atoms with Crippen molar-refractivity contribution in [1.82, 2.24) is 14.8 Å². The molecule has 2 atom stereocenters. The minimum atomic E-state index is -0.997. The summed E-state index contributed by atoms with van der Waals surface area (Å²) >= 11 is 5.90. The van der Waals surface area contributed by atoms with E-state index >= 15 is 0 Å². The third kappa shape index (κ3) is 3.51. The zero-order valence-electron chi connectivity index (χ0n) is 12.3. The van der Waals surface area contributed by atoms with Crippen molar-refractivity contribution < 1.29 is 14.3 Å². The van der Waals surface area contributed by atoms with Crippen molar-refractivity contribution in [1.29, 1.82) is 0 Å². The first-order valence-electron chi connectivity index (χ1n) is 6.81. The topological polar surface area (TPSA) is 74.1 Å². The van der Waals surface area contributed by atoms with E-state index in [0.29, 0.717) is 5.02 Å². The van der Waals surface area contributed by atoms with Crippen LogP contribution in [0.25, 0.3) is 0 Å². The number of ketones is 1. The standard InChI is InChI=1S/C15H16ClN3O3/c1-3-22-15(21)13(10(2)20)14(19-9-17-8-18-19)11-4-6-12(16)7-5-11/h4-9,13-14H,3H2,1-2H3. The highest BCUT2D eigenvalue weighted by Gasteiger charge is 2.36. The molecule has 0 aliphatic heterocycles. The summed E-state index contributed by atoms with van der Waals surface area (Å²) in [6, 6.07) is 6.27. The quantitative estimate of drug-likeness (QED) is 0.603. The van der Waals surface area contributed by atoms with Gasteiger partial charge in [-0.15, -0.1) is 0 Å². The van der Waals surface area contributed by atoms with E-state index in [1.807, 2.05) is 0 Å². The van der Waals surface area contributed by atoms with Crippen LogP contribution in [0, 0.1) is 5.92 Å². The maximum atomic E-state index is 12.2. The molecule has 0 fully saturated rings. The summed E-state index contributed by atoms with van der Waals surface area (Å²) in [5.41, 5.74) is 0.725. The van der Waals surface area contributed by atoms with E-state index in [1.54, 1.807) is 31.2 Å². The van der Waals surface area contributed by atoms with Gasteiger partial charge < -0.3 is 4.74 Å². The van der Waals surface area contributed by atoms with Gasteiger partial charge in [0.2, 0.25) is 0 Å². The highest BCUT2D eigenvalue weighted by molar-refractivity contribution is 6.30. The van der Waals surface area contributed by atoms with Crippen LogP contribution >= 0.6 is 11.6 Å². The SMILES string of the molecule is CCOC(=O)C(C(C)=O)C(c1ccc(Cl)cc1)n1cncn1. The normalized spacial score (nSPS) is 13.4. The number of hydrogen-bond donors (Lipinski definition) is 0. The number of hydrogen-bond acceptors (Lipinski definition) is 5. The van der Waals surface area contributed by atoms with Gasteiger partial charge >= 0.3 is 5.97 Å². The van der Waals surface area contributed by atoms with Crippen LogP contribution in [0.3, 0.4) is 0 Å². The Morgan fingerprint density at radius 1 is 1.32 bits per heavy atom. The summed E-state index contributed by atoms with van der Waals surface area (Å²) in [6.45, 7) is 3.26. The molecule has 0 saturated carbocycles. The van der Waals surface area contributed by atoms with Crippen LogP contribution in [0.5, 0.6) is 0 Å². The molecule has 0 saturated heterocycles. The van der Waals surface area contributed by atoms with Crippen molar-refractivity contribution in [2.45, 2.75) is 19.9 Å². The van der Waals surface area contributed by atoms with Crippen LogP contribution in [-0.2, 0) is 14.3 Å². The van der Waals surface area contributed by atoms with Crippen LogP contribution in [0.15, 0.2) is 36.9 Å². The van der Waals surface area contributed by atoms with Crippen molar-refractivity contribution >= 4 is 23.4 Å². The molecule has 2 aromatic rings. The Bertz CT molecular complexity index is 641. The molecule has 1 aromatic carbocycles.